The smallest absolute Gasteiger partial charge is 0.406 e. The Balaban J connectivity index is 1.17. The number of ether oxygens (including phenoxy) is 2. The average molecular weight is 628 g/mol. The van der Waals surface area contributed by atoms with Crippen LogP contribution in [0.1, 0.15) is 84.6 Å². The third-order valence-electron chi connectivity index (χ3n) is 9.34. The Hall–Kier alpha value is -4.26. The Bertz CT molecular complexity index is 1600. The second-order valence-corrected chi connectivity index (χ2v) is 12.5. The van der Waals surface area contributed by atoms with Gasteiger partial charge >= 0.3 is 6.18 Å². The van der Waals surface area contributed by atoms with Crippen molar-refractivity contribution in [1.82, 2.24) is 4.90 Å². The summed E-state index contributed by atoms with van der Waals surface area (Å²) in [6.07, 6.45) is 4.49. The standard InChI is InChI=1S/C39H40F3NO3/c1-45-36-23-31(46-25-27-17-19-29(20-18-27)28-11-5-3-2-4-6-12-28)22-21-30(36)24-43(26-39(40,41)42)38(44)37-34-15-9-7-13-32(34)33-14-8-10-16-35(33)37/h7-10,13-23,28,37H,2-6,11-12,24-26H2,1H3. The minimum absolute atomic E-state index is 0.259. The number of hydrogen-bond donors (Lipinski definition) is 0. The fourth-order valence-corrected chi connectivity index (χ4v) is 7.03. The third kappa shape index (κ3) is 7.24. The number of benzene rings is 4. The van der Waals surface area contributed by atoms with Gasteiger partial charge in [-0.3, -0.25) is 4.79 Å². The molecule has 4 nitrogen and oxygen atoms in total. The van der Waals surface area contributed by atoms with E-state index >= 15 is 0 Å². The van der Waals surface area contributed by atoms with Crippen molar-refractivity contribution in [3.63, 3.8) is 0 Å². The predicted molar refractivity (Wildman–Crippen MR) is 174 cm³/mol. The van der Waals surface area contributed by atoms with Crippen LogP contribution in [0.15, 0.2) is 91.0 Å². The molecule has 1 amide bonds. The van der Waals surface area contributed by atoms with Gasteiger partial charge < -0.3 is 14.4 Å². The van der Waals surface area contributed by atoms with E-state index in [1.165, 1.54) is 57.6 Å². The maximum absolute atomic E-state index is 14.0. The fourth-order valence-electron chi connectivity index (χ4n) is 7.03. The van der Waals surface area contributed by atoms with E-state index in [-0.39, 0.29) is 6.54 Å². The minimum atomic E-state index is -4.57. The Kier molecular flexibility index (Phi) is 9.67. The molecule has 2 aliphatic rings. The summed E-state index contributed by atoms with van der Waals surface area (Å²) in [5.74, 6) is 0.108. The number of fused-ring (bicyclic) bond motifs is 3. The van der Waals surface area contributed by atoms with E-state index in [1.807, 2.05) is 48.5 Å². The number of halogens is 3. The van der Waals surface area contributed by atoms with Gasteiger partial charge in [-0.15, -0.1) is 0 Å². The zero-order valence-corrected chi connectivity index (χ0v) is 26.2. The van der Waals surface area contributed by atoms with E-state index in [0.29, 0.717) is 40.7 Å². The second-order valence-electron chi connectivity index (χ2n) is 12.5. The highest BCUT2D eigenvalue weighted by molar-refractivity contribution is 5.96. The number of carbonyl (C=O) groups is 1. The molecule has 0 aliphatic heterocycles. The number of hydrogen-bond acceptors (Lipinski definition) is 3. The molecule has 0 unspecified atom stereocenters. The van der Waals surface area contributed by atoms with Gasteiger partial charge in [0.05, 0.1) is 13.0 Å². The number of alkyl halides is 3. The topological polar surface area (TPSA) is 38.8 Å². The summed E-state index contributed by atoms with van der Waals surface area (Å²) in [7, 11) is 1.47. The van der Waals surface area contributed by atoms with Crippen LogP contribution in [0.25, 0.3) is 11.1 Å². The maximum Gasteiger partial charge on any atom is 0.406 e. The molecule has 0 heterocycles. The molecular formula is C39H40F3NO3. The van der Waals surface area contributed by atoms with Gasteiger partial charge in [0.25, 0.3) is 0 Å². The van der Waals surface area contributed by atoms with Crippen molar-refractivity contribution in [2.45, 2.75) is 76.1 Å². The van der Waals surface area contributed by atoms with Crippen LogP contribution in [0, 0.1) is 0 Å². The van der Waals surface area contributed by atoms with Gasteiger partial charge in [0, 0.05) is 18.2 Å². The molecule has 0 radical (unpaired) electrons. The molecular weight excluding hydrogens is 587 g/mol. The van der Waals surface area contributed by atoms with Crippen molar-refractivity contribution in [3.05, 3.63) is 119 Å². The highest BCUT2D eigenvalue weighted by Gasteiger charge is 2.40. The first-order valence-electron chi connectivity index (χ1n) is 16.2. The monoisotopic (exact) mass is 627 g/mol. The fraction of sp³-hybridized carbons (Fsp3) is 0.359. The summed E-state index contributed by atoms with van der Waals surface area (Å²) in [5.41, 5.74) is 6.07. The summed E-state index contributed by atoms with van der Waals surface area (Å²) >= 11 is 0. The van der Waals surface area contributed by atoms with Crippen molar-refractivity contribution in [2.75, 3.05) is 13.7 Å². The van der Waals surface area contributed by atoms with Crippen LogP contribution < -0.4 is 9.47 Å². The van der Waals surface area contributed by atoms with E-state index < -0.39 is 24.5 Å². The van der Waals surface area contributed by atoms with E-state index in [2.05, 4.69) is 24.3 Å². The number of nitrogens with zero attached hydrogens (tertiary/aromatic N) is 1. The average Bonchev–Trinajstić information content (AvgIpc) is 3.37. The summed E-state index contributed by atoms with van der Waals surface area (Å²) < 4.78 is 53.3. The lowest BCUT2D eigenvalue weighted by Crippen LogP contribution is -2.41. The molecule has 4 aromatic rings. The zero-order valence-electron chi connectivity index (χ0n) is 26.2. The molecule has 7 heteroatoms. The molecule has 1 fully saturated rings. The van der Waals surface area contributed by atoms with Crippen LogP contribution in [0.4, 0.5) is 13.2 Å². The van der Waals surface area contributed by atoms with Gasteiger partial charge in [-0.2, -0.15) is 13.2 Å². The van der Waals surface area contributed by atoms with Crippen molar-refractivity contribution >= 4 is 5.91 Å². The Morgan fingerprint density at radius 1 is 0.804 bits per heavy atom. The van der Waals surface area contributed by atoms with Gasteiger partial charge in [0.15, 0.2) is 0 Å². The van der Waals surface area contributed by atoms with Crippen LogP contribution >= 0.6 is 0 Å². The highest BCUT2D eigenvalue weighted by atomic mass is 19.4. The molecule has 6 rings (SSSR count). The second kappa shape index (κ2) is 14.0. The van der Waals surface area contributed by atoms with Crippen LogP contribution in [-0.4, -0.2) is 30.6 Å². The molecule has 0 saturated heterocycles. The first-order valence-corrected chi connectivity index (χ1v) is 16.2. The lowest BCUT2D eigenvalue weighted by Gasteiger charge is -2.28. The van der Waals surface area contributed by atoms with Crippen LogP contribution in [0.2, 0.25) is 0 Å². The Labute approximate surface area is 269 Å². The molecule has 2 aliphatic carbocycles. The Morgan fingerprint density at radius 2 is 1.41 bits per heavy atom. The minimum Gasteiger partial charge on any atom is -0.496 e. The summed E-state index contributed by atoms with van der Waals surface area (Å²) in [4.78, 5) is 14.9. The zero-order chi connectivity index (χ0) is 32.1. The van der Waals surface area contributed by atoms with Gasteiger partial charge in [-0.1, -0.05) is 105 Å². The SMILES string of the molecule is COc1cc(OCc2ccc(C3CCCCCCC3)cc2)ccc1CN(CC(F)(F)F)C(=O)C1c2ccccc2-c2ccccc21. The summed E-state index contributed by atoms with van der Waals surface area (Å²) in [6, 6.07) is 28.5. The Morgan fingerprint density at radius 3 is 2.02 bits per heavy atom. The van der Waals surface area contributed by atoms with E-state index in [1.54, 1.807) is 18.2 Å². The predicted octanol–water partition coefficient (Wildman–Crippen LogP) is 9.81. The summed E-state index contributed by atoms with van der Waals surface area (Å²) in [5, 5.41) is 0. The van der Waals surface area contributed by atoms with E-state index in [0.717, 1.165) is 21.6 Å². The van der Waals surface area contributed by atoms with Crippen LogP contribution in [0.3, 0.4) is 0 Å². The van der Waals surface area contributed by atoms with E-state index in [4.69, 9.17) is 9.47 Å². The van der Waals surface area contributed by atoms with Crippen molar-refractivity contribution in [3.8, 4) is 22.6 Å². The molecule has 46 heavy (non-hydrogen) atoms. The van der Waals surface area contributed by atoms with Crippen molar-refractivity contribution in [2.24, 2.45) is 0 Å². The molecule has 0 bridgehead atoms. The molecule has 0 aromatic heterocycles. The van der Waals surface area contributed by atoms with Crippen molar-refractivity contribution in [1.29, 1.82) is 0 Å². The first kappa shape index (κ1) is 31.7. The number of rotatable bonds is 9. The van der Waals surface area contributed by atoms with Gasteiger partial charge in [-0.05, 0) is 64.3 Å². The molecule has 1 saturated carbocycles. The van der Waals surface area contributed by atoms with Gasteiger partial charge in [0.2, 0.25) is 5.91 Å². The summed E-state index contributed by atoms with van der Waals surface area (Å²) in [6.45, 7) is -1.27. The largest absolute Gasteiger partial charge is 0.496 e. The normalized spacial score (nSPS) is 15.4. The van der Waals surface area contributed by atoms with Crippen LogP contribution in [0.5, 0.6) is 11.5 Å². The molecule has 240 valence electrons. The lowest BCUT2D eigenvalue weighted by atomic mass is 9.86. The molecule has 4 aromatic carbocycles. The number of methoxy groups -OCH3 is 1. The highest BCUT2D eigenvalue weighted by Crippen LogP contribution is 2.46. The van der Waals surface area contributed by atoms with E-state index in [9.17, 15) is 18.0 Å². The molecule has 0 atom stereocenters. The first-order chi connectivity index (χ1) is 22.3. The third-order valence-corrected chi connectivity index (χ3v) is 9.34. The van der Waals surface area contributed by atoms with Crippen LogP contribution in [-0.2, 0) is 17.9 Å². The van der Waals surface area contributed by atoms with Gasteiger partial charge in [-0.25, -0.2) is 0 Å². The maximum atomic E-state index is 14.0. The lowest BCUT2D eigenvalue weighted by molar-refractivity contribution is -0.162. The van der Waals surface area contributed by atoms with Crippen molar-refractivity contribution < 1.29 is 27.4 Å². The number of carbonyl (C=O) groups excluding carboxylic acids is 1. The molecule has 0 N–H and O–H groups in total. The molecule has 0 spiro atoms. The van der Waals surface area contributed by atoms with Gasteiger partial charge in [0.1, 0.15) is 24.7 Å². The quantitative estimate of drug-likeness (QED) is 0.185. The number of amides is 1.